The van der Waals surface area contributed by atoms with E-state index in [-0.39, 0.29) is 0 Å². The first-order chi connectivity index (χ1) is 3.41. The molecule has 0 unspecified atom stereocenters. The van der Waals surface area contributed by atoms with E-state index in [0.717, 1.165) is 12.8 Å². The lowest BCUT2D eigenvalue weighted by Crippen LogP contribution is -1.68. The van der Waals surface area contributed by atoms with E-state index >= 15 is 0 Å². The molecule has 0 atom stereocenters. The number of unbranched alkanes of at least 4 members (excludes halogenated alkanes) is 3. The molecule has 1 heteroatoms. The molecule has 0 saturated carbocycles. The number of nitriles is 1. The fourth-order valence-electron chi connectivity index (χ4n) is 0.454. The summed E-state index contributed by atoms with van der Waals surface area (Å²) in [5, 5.41) is 8.04. The second-order valence-electron chi connectivity index (χ2n) is 1.62. The smallest absolute Gasteiger partial charge is 0.0621 e. The van der Waals surface area contributed by atoms with Gasteiger partial charge in [-0.2, -0.15) is 5.26 Å². The van der Waals surface area contributed by atoms with Crippen LogP contribution < -0.4 is 0 Å². The monoisotopic (exact) mass is 97.1 g/mol. The van der Waals surface area contributed by atoms with E-state index in [1.165, 1.54) is 12.8 Å². The molecule has 0 fully saturated rings. The molecule has 0 amide bonds. The van der Waals surface area contributed by atoms with Gasteiger partial charge >= 0.3 is 0 Å². The Bertz CT molecular complexity index is 61.1. The highest BCUT2D eigenvalue weighted by atomic mass is 14.2. The molecule has 0 aromatic heterocycles. The third kappa shape index (κ3) is 5.49. The van der Waals surface area contributed by atoms with Gasteiger partial charge in [0.2, 0.25) is 0 Å². The van der Waals surface area contributed by atoms with Crippen molar-refractivity contribution in [2.75, 3.05) is 0 Å². The first-order valence-corrected chi connectivity index (χ1v) is 2.78. The van der Waals surface area contributed by atoms with Crippen LogP contribution in [0.3, 0.4) is 0 Å². The first-order valence-electron chi connectivity index (χ1n) is 2.78. The van der Waals surface area contributed by atoms with Crippen molar-refractivity contribution in [2.24, 2.45) is 0 Å². The first kappa shape index (κ1) is 6.49. The van der Waals surface area contributed by atoms with Crippen molar-refractivity contribution in [1.82, 2.24) is 0 Å². The van der Waals surface area contributed by atoms with Crippen LogP contribution in [-0.2, 0) is 0 Å². The predicted molar refractivity (Wildman–Crippen MR) is 29.8 cm³/mol. The third-order valence-corrected chi connectivity index (χ3v) is 0.892. The maximum absolute atomic E-state index is 8.04. The molecular formula is C6H11N. The van der Waals surface area contributed by atoms with Gasteiger partial charge in [0, 0.05) is 6.42 Å². The van der Waals surface area contributed by atoms with Gasteiger partial charge < -0.3 is 0 Å². The lowest BCUT2D eigenvalue weighted by Gasteiger charge is -1.84. The van der Waals surface area contributed by atoms with E-state index in [4.69, 9.17) is 5.26 Å². The van der Waals surface area contributed by atoms with Crippen molar-refractivity contribution < 1.29 is 0 Å². The van der Waals surface area contributed by atoms with E-state index in [2.05, 4.69) is 13.0 Å². The molecule has 0 spiro atoms. The van der Waals surface area contributed by atoms with Crippen LogP contribution in [0.4, 0.5) is 0 Å². The Morgan fingerprint density at radius 1 is 1.43 bits per heavy atom. The van der Waals surface area contributed by atoms with Gasteiger partial charge in [-0.3, -0.25) is 0 Å². The summed E-state index contributed by atoms with van der Waals surface area (Å²) in [6, 6.07) is 2.10. The van der Waals surface area contributed by atoms with Crippen LogP contribution in [0.5, 0.6) is 0 Å². The summed E-state index contributed by atoms with van der Waals surface area (Å²) in [6.45, 7) is 2.14. The Kier molecular flexibility index (Phi) is 5.09. The molecule has 7 heavy (non-hydrogen) atoms. The normalized spacial score (nSPS) is 8.00. The van der Waals surface area contributed by atoms with Crippen molar-refractivity contribution in [3.63, 3.8) is 0 Å². The topological polar surface area (TPSA) is 23.8 Å². The second kappa shape index (κ2) is 5.49. The van der Waals surface area contributed by atoms with Crippen molar-refractivity contribution in [2.45, 2.75) is 32.6 Å². The van der Waals surface area contributed by atoms with E-state index in [9.17, 15) is 0 Å². The van der Waals surface area contributed by atoms with Crippen molar-refractivity contribution in [1.29, 1.82) is 5.26 Å². The minimum absolute atomic E-state index is 0.730. The Balaban J connectivity index is 2.60. The van der Waals surface area contributed by atoms with Crippen LogP contribution in [-0.4, -0.2) is 0 Å². The van der Waals surface area contributed by atoms with Gasteiger partial charge in [-0.05, 0) is 6.42 Å². The molecule has 0 bridgehead atoms. The predicted octanol–water partition coefficient (Wildman–Crippen LogP) is 2.09. The standard InChI is InChI=1S/C6H11N/c1-2-3-4-5-6-7/h2-5H2,1H3. The van der Waals surface area contributed by atoms with Gasteiger partial charge in [-0.1, -0.05) is 19.8 Å². The van der Waals surface area contributed by atoms with Crippen molar-refractivity contribution in [3.8, 4) is 6.07 Å². The zero-order chi connectivity index (χ0) is 5.54. The van der Waals surface area contributed by atoms with Crippen LogP contribution in [0.2, 0.25) is 0 Å². The van der Waals surface area contributed by atoms with Gasteiger partial charge in [0.05, 0.1) is 6.07 Å². The van der Waals surface area contributed by atoms with E-state index in [1.54, 1.807) is 0 Å². The van der Waals surface area contributed by atoms with Crippen molar-refractivity contribution >= 4 is 0 Å². The van der Waals surface area contributed by atoms with Gasteiger partial charge in [-0.25, -0.2) is 0 Å². The van der Waals surface area contributed by atoms with Crippen LogP contribution in [0, 0.1) is 11.3 Å². The molecule has 40 valence electrons. The molecule has 0 aliphatic rings. The van der Waals surface area contributed by atoms with Crippen molar-refractivity contribution in [3.05, 3.63) is 0 Å². The fourth-order valence-corrected chi connectivity index (χ4v) is 0.454. The number of nitrogens with zero attached hydrogens (tertiary/aromatic N) is 1. The molecule has 0 aliphatic carbocycles. The third-order valence-electron chi connectivity index (χ3n) is 0.892. The molecule has 0 aliphatic heterocycles. The van der Waals surface area contributed by atoms with E-state index in [1.807, 2.05) is 0 Å². The Labute approximate surface area is 45.0 Å². The maximum Gasteiger partial charge on any atom is 0.0621 e. The molecule has 0 heterocycles. The van der Waals surface area contributed by atoms with Gasteiger partial charge in [-0.15, -0.1) is 0 Å². The summed E-state index contributed by atoms with van der Waals surface area (Å²) in [7, 11) is 0. The van der Waals surface area contributed by atoms with Crippen LogP contribution in [0.25, 0.3) is 0 Å². The lowest BCUT2D eigenvalue weighted by molar-refractivity contribution is 0.734. The van der Waals surface area contributed by atoms with Gasteiger partial charge in [0.25, 0.3) is 0 Å². The highest BCUT2D eigenvalue weighted by Crippen LogP contribution is 1.95. The molecule has 0 radical (unpaired) electrons. The molecule has 0 aromatic carbocycles. The largest absolute Gasteiger partial charge is 0.198 e. The number of hydrogen-bond acceptors (Lipinski definition) is 1. The highest BCUT2D eigenvalue weighted by Gasteiger charge is 1.79. The molecule has 0 rings (SSSR count). The quantitative estimate of drug-likeness (QED) is 0.495. The summed E-state index contributed by atoms with van der Waals surface area (Å²) in [6.07, 6.45) is 4.22. The van der Waals surface area contributed by atoms with Gasteiger partial charge in [0.1, 0.15) is 0 Å². The summed E-state index contributed by atoms with van der Waals surface area (Å²) in [5.41, 5.74) is 0. The number of hydrogen-bond donors (Lipinski definition) is 0. The fraction of sp³-hybridized carbons (Fsp3) is 0.833. The number of rotatable bonds is 3. The zero-order valence-corrected chi connectivity index (χ0v) is 4.78. The molecule has 1 nitrogen and oxygen atoms in total. The second-order valence-corrected chi connectivity index (χ2v) is 1.62. The minimum atomic E-state index is 0.730. The summed E-state index contributed by atoms with van der Waals surface area (Å²) < 4.78 is 0. The maximum atomic E-state index is 8.04. The van der Waals surface area contributed by atoms with Crippen LogP contribution in [0.1, 0.15) is 32.6 Å². The summed E-state index contributed by atoms with van der Waals surface area (Å²) >= 11 is 0. The van der Waals surface area contributed by atoms with Gasteiger partial charge in [0.15, 0.2) is 0 Å². The molecular weight excluding hydrogens is 86.1 g/mol. The molecule has 0 saturated heterocycles. The Morgan fingerprint density at radius 3 is 2.57 bits per heavy atom. The highest BCUT2D eigenvalue weighted by molar-refractivity contribution is 4.67. The zero-order valence-electron chi connectivity index (χ0n) is 4.78. The summed E-state index contributed by atoms with van der Waals surface area (Å²) in [5.74, 6) is 0. The average Bonchev–Trinajstić information content (AvgIpc) is 1.69. The molecule has 0 aromatic rings. The Morgan fingerprint density at radius 2 is 2.14 bits per heavy atom. The SMILES string of the molecule is CCCCCC#N. The Hall–Kier alpha value is -0.510. The van der Waals surface area contributed by atoms with Crippen LogP contribution in [0.15, 0.2) is 0 Å². The molecule has 0 N–H and O–H groups in total. The minimum Gasteiger partial charge on any atom is -0.198 e. The average molecular weight is 97.2 g/mol. The lowest BCUT2D eigenvalue weighted by atomic mass is 10.2. The summed E-state index contributed by atoms with van der Waals surface area (Å²) in [4.78, 5) is 0. The van der Waals surface area contributed by atoms with Crippen LogP contribution >= 0.6 is 0 Å². The van der Waals surface area contributed by atoms with E-state index in [0.29, 0.717) is 0 Å². The van der Waals surface area contributed by atoms with E-state index < -0.39 is 0 Å².